The Bertz CT molecular complexity index is 1740. The molecule has 1 aliphatic rings. The number of rotatable bonds is 6. The van der Waals surface area contributed by atoms with Gasteiger partial charge in [-0.3, -0.25) is 4.98 Å². The van der Waals surface area contributed by atoms with Crippen LogP contribution < -0.4 is 15.6 Å². The number of hydrogen-bond acceptors (Lipinski definition) is 3. The first-order valence-corrected chi connectivity index (χ1v) is 17.4. The lowest BCUT2D eigenvalue weighted by atomic mass is 9.99. The minimum absolute atomic E-state index is 0.375. The molecule has 5 aromatic rings. The molecule has 6 rings (SSSR count). The fourth-order valence-corrected chi connectivity index (χ4v) is 11.4. The van der Waals surface area contributed by atoms with Crippen LogP contribution in [0.1, 0.15) is 19.4 Å². The van der Waals surface area contributed by atoms with Crippen LogP contribution in [-0.2, 0) is 16.3 Å². The van der Waals surface area contributed by atoms with Crippen molar-refractivity contribution in [3.05, 3.63) is 121 Å². The number of fused-ring (bicyclic) bond motifs is 3. The maximum absolute atomic E-state index is 13.1. The van der Waals surface area contributed by atoms with E-state index in [1.165, 1.54) is 21.1 Å². The van der Waals surface area contributed by atoms with Crippen molar-refractivity contribution in [2.75, 3.05) is 0 Å². The highest BCUT2D eigenvalue weighted by atomic mass is 32.2. The molecule has 0 unspecified atom stereocenters. The van der Waals surface area contributed by atoms with Crippen molar-refractivity contribution >= 4 is 33.5 Å². The molecular formula is C34H31NO2SSi. The van der Waals surface area contributed by atoms with E-state index in [-0.39, 0.29) is 0 Å². The quantitative estimate of drug-likeness (QED) is 0.246. The van der Waals surface area contributed by atoms with Crippen LogP contribution in [0, 0.1) is 5.92 Å². The van der Waals surface area contributed by atoms with Gasteiger partial charge in [0.1, 0.15) is 8.07 Å². The lowest BCUT2D eigenvalue weighted by Gasteiger charge is -2.32. The van der Waals surface area contributed by atoms with Gasteiger partial charge in [-0.15, -0.1) is 0 Å². The molecular weight excluding hydrogens is 515 g/mol. The lowest BCUT2D eigenvalue weighted by Crippen LogP contribution is -2.65. The summed E-state index contributed by atoms with van der Waals surface area (Å²) in [6, 6.07) is 36.8. The summed E-state index contributed by atoms with van der Waals surface area (Å²) < 4.78 is 26.2. The third kappa shape index (κ3) is 4.26. The second-order valence-electron chi connectivity index (χ2n) is 10.9. The standard InChI is InChI=1S/C34H31NO2SSi/c1-24(2)20-26-22-31(25-18-19-33-30(21-25)29-16-10-11-17-32(29)38(33,36)37)35-23-34(26)39(3,27-12-6-4-7-13-27)28-14-8-5-9-15-28/h4-19,21-24H,20H2,1-3H3. The third-order valence-corrected chi connectivity index (χ3v) is 14.3. The molecule has 0 bridgehead atoms. The molecule has 0 atom stereocenters. The second kappa shape index (κ2) is 9.74. The number of hydrogen-bond donors (Lipinski definition) is 0. The van der Waals surface area contributed by atoms with Gasteiger partial charge in [0.15, 0.2) is 0 Å². The first-order chi connectivity index (χ1) is 18.8. The zero-order valence-corrected chi connectivity index (χ0v) is 24.2. The summed E-state index contributed by atoms with van der Waals surface area (Å²) in [5.74, 6) is 0.473. The zero-order valence-electron chi connectivity index (χ0n) is 22.4. The Morgan fingerprint density at radius 1 is 0.718 bits per heavy atom. The Balaban J connectivity index is 1.53. The smallest absolute Gasteiger partial charge is 0.207 e. The van der Waals surface area contributed by atoms with Gasteiger partial charge in [0.25, 0.3) is 0 Å². The summed E-state index contributed by atoms with van der Waals surface area (Å²) in [6.45, 7) is 6.94. The molecule has 39 heavy (non-hydrogen) atoms. The van der Waals surface area contributed by atoms with E-state index >= 15 is 0 Å². The van der Waals surface area contributed by atoms with Crippen molar-refractivity contribution in [3.63, 3.8) is 0 Å². The van der Waals surface area contributed by atoms with E-state index in [9.17, 15) is 8.42 Å². The van der Waals surface area contributed by atoms with Gasteiger partial charge < -0.3 is 0 Å². The molecule has 2 heterocycles. The number of pyridine rings is 1. The molecule has 0 N–H and O–H groups in total. The van der Waals surface area contributed by atoms with E-state index in [1.54, 1.807) is 18.2 Å². The van der Waals surface area contributed by atoms with Gasteiger partial charge in [-0.2, -0.15) is 0 Å². The first-order valence-electron chi connectivity index (χ1n) is 13.4. The Morgan fingerprint density at radius 2 is 1.31 bits per heavy atom. The number of aromatic nitrogens is 1. The predicted octanol–water partition coefficient (Wildman–Crippen LogP) is 5.86. The van der Waals surface area contributed by atoms with Gasteiger partial charge in [0.2, 0.25) is 9.84 Å². The summed E-state index contributed by atoms with van der Waals surface area (Å²) in [7, 11) is -5.83. The lowest BCUT2D eigenvalue weighted by molar-refractivity contribution is 0.598. The van der Waals surface area contributed by atoms with Crippen LogP contribution in [0.15, 0.2) is 125 Å². The molecule has 1 aliphatic heterocycles. The van der Waals surface area contributed by atoms with E-state index in [1.807, 2.05) is 24.3 Å². The molecule has 3 nitrogen and oxygen atoms in total. The minimum atomic E-state index is -3.49. The minimum Gasteiger partial charge on any atom is -0.256 e. The molecule has 0 radical (unpaired) electrons. The van der Waals surface area contributed by atoms with Crippen molar-refractivity contribution in [1.82, 2.24) is 4.98 Å². The van der Waals surface area contributed by atoms with Gasteiger partial charge >= 0.3 is 0 Å². The predicted molar refractivity (Wildman–Crippen MR) is 163 cm³/mol. The SMILES string of the molecule is CC(C)Cc1cc(-c2ccc3c(c2)-c2ccccc2S3(=O)=O)ncc1[Si](C)(c1ccccc1)c1ccccc1. The molecule has 0 amide bonds. The molecule has 0 aliphatic carbocycles. The Hall–Kier alpha value is -3.80. The molecule has 0 spiro atoms. The Morgan fingerprint density at radius 3 is 1.95 bits per heavy atom. The average Bonchev–Trinajstić information content (AvgIpc) is 3.19. The molecule has 1 aromatic heterocycles. The van der Waals surface area contributed by atoms with Crippen LogP contribution >= 0.6 is 0 Å². The van der Waals surface area contributed by atoms with Gasteiger partial charge in [0, 0.05) is 22.9 Å². The maximum atomic E-state index is 13.1. The van der Waals surface area contributed by atoms with Crippen molar-refractivity contribution in [2.45, 2.75) is 36.6 Å². The fourth-order valence-electron chi connectivity index (χ4n) is 5.91. The summed E-state index contributed by atoms with van der Waals surface area (Å²) >= 11 is 0. The average molecular weight is 546 g/mol. The van der Waals surface area contributed by atoms with Crippen molar-refractivity contribution < 1.29 is 8.42 Å². The van der Waals surface area contributed by atoms with E-state index in [4.69, 9.17) is 4.98 Å². The Labute approximate surface area is 232 Å². The van der Waals surface area contributed by atoms with E-state index in [0.717, 1.165) is 28.8 Å². The topological polar surface area (TPSA) is 47.0 Å². The Kier molecular flexibility index (Phi) is 6.36. The summed E-state index contributed by atoms with van der Waals surface area (Å²) in [5.41, 5.74) is 4.63. The fraction of sp³-hybridized carbons (Fsp3) is 0.147. The first kappa shape index (κ1) is 25.5. The molecule has 5 heteroatoms. The second-order valence-corrected chi connectivity index (χ2v) is 16.7. The number of benzene rings is 4. The van der Waals surface area contributed by atoms with Gasteiger partial charge in [-0.05, 0) is 57.7 Å². The van der Waals surface area contributed by atoms with Crippen LogP contribution in [0.2, 0.25) is 6.55 Å². The van der Waals surface area contributed by atoms with Crippen molar-refractivity contribution in [2.24, 2.45) is 5.92 Å². The van der Waals surface area contributed by atoms with Crippen LogP contribution in [0.25, 0.3) is 22.4 Å². The van der Waals surface area contributed by atoms with E-state index in [0.29, 0.717) is 15.7 Å². The van der Waals surface area contributed by atoms with Gasteiger partial charge in [-0.1, -0.05) is 105 Å². The molecule has 4 aromatic carbocycles. The molecule has 0 saturated carbocycles. The molecule has 0 saturated heterocycles. The van der Waals surface area contributed by atoms with Crippen LogP contribution in [0.5, 0.6) is 0 Å². The largest absolute Gasteiger partial charge is 0.256 e. The molecule has 194 valence electrons. The van der Waals surface area contributed by atoms with E-state index < -0.39 is 17.9 Å². The zero-order chi connectivity index (χ0) is 27.2. The van der Waals surface area contributed by atoms with Crippen LogP contribution in [-0.4, -0.2) is 21.5 Å². The normalized spacial score (nSPS) is 13.7. The highest BCUT2D eigenvalue weighted by Crippen LogP contribution is 2.44. The van der Waals surface area contributed by atoms with Crippen molar-refractivity contribution in [1.29, 1.82) is 0 Å². The van der Waals surface area contributed by atoms with Gasteiger partial charge in [-0.25, -0.2) is 8.42 Å². The van der Waals surface area contributed by atoms with Crippen LogP contribution in [0.4, 0.5) is 0 Å². The third-order valence-electron chi connectivity index (χ3n) is 7.89. The van der Waals surface area contributed by atoms with Crippen molar-refractivity contribution in [3.8, 4) is 22.4 Å². The monoisotopic (exact) mass is 545 g/mol. The summed E-state index contributed by atoms with van der Waals surface area (Å²) in [5, 5.41) is 4.04. The van der Waals surface area contributed by atoms with Gasteiger partial charge in [0.05, 0.1) is 15.5 Å². The summed E-state index contributed by atoms with van der Waals surface area (Å²) in [4.78, 5) is 5.79. The number of nitrogens with zero attached hydrogens (tertiary/aromatic N) is 1. The maximum Gasteiger partial charge on any atom is 0.207 e. The summed E-state index contributed by atoms with van der Waals surface area (Å²) in [6.07, 6.45) is 3.03. The van der Waals surface area contributed by atoms with E-state index in [2.05, 4.69) is 93.3 Å². The molecule has 0 fully saturated rings. The highest BCUT2D eigenvalue weighted by Gasteiger charge is 2.37. The van der Waals surface area contributed by atoms with Crippen LogP contribution in [0.3, 0.4) is 0 Å². The number of sulfone groups is 1. The highest BCUT2D eigenvalue weighted by molar-refractivity contribution is 7.92.